The Morgan fingerprint density at radius 3 is 2.78 bits per heavy atom. The van der Waals surface area contributed by atoms with Gasteiger partial charge in [-0.2, -0.15) is 10.1 Å². The second-order valence-electron chi connectivity index (χ2n) is 3.71. The van der Waals surface area contributed by atoms with Crippen LogP contribution in [-0.2, 0) is 0 Å². The maximum atomic E-state index is 7.06. The minimum absolute atomic E-state index is 0.141. The molecule has 0 unspecified atom stereocenters. The lowest BCUT2D eigenvalue weighted by Crippen LogP contribution is -2.16. The van der Waals surface area contributed by atoms with Crippen molar-refractivity contribution < 1.29 is 0 Å². The quantitative estimate of drug-likeness (QED) is 0.647. The van der Waals surface area contributed by atoms with Gasteiger partial charge in [-0.3, -0.25) is 0 Å². The molecule has 0 aliphatic rings. The Balaban J connectivity index is 2.31. The Morgan fingerprint density at radius 2 is 2.11 bits per heavy atom. The molecule has 0 saturated heterocycles. The first-order chi connectivity index (χ1) is 8.58. The molecule has 1 aromatic carbocycles. The Morgan fingerprint density at radius 1 is 1.33 bits per heavy atom. The molecule has 0 radical (unpaired) electrons. The second kappa shape index (κ2) is 5.09. The molecule has 2 N–H and O–H groups in total. The normalized spacial score (nSPS) is 10.1. The minimum atomic E-state index is 0.141. The molecule has 0 bridgehead atoms. The Hall–Kier alpha value is -2.02. The SMILES string of the molecule is Bc1nc(Cl)nc(Nc2ccc(C)c(N=N)c2)n1. The summed E-state index contributed by atoms with van der Waals surface area (Å²) >= 11 is 5.75. The fourth-order valence-electron chi connectivity index (χ4n) is 1.44. The fraction of sp³-hybridized carbons (Fsp3) is 0.100. The summed E-state index contributed by atoms with van der Waals surface area (Å²) < 4.78 is 0. The monoisotopic (exact) mass is 260 g/mol. The molecule has 0 atom stereocenters. The molecule has 2 rings (SSSR count). The summed E-state index contributed by atoms with van der Waals surface area (Å²) in [6.07, 6.45) is 0. The molecule has 0 amide bonds. The number of aromatic nitrogens is 3. The molecule has 90 valence electrons. The zero-order valence-electron chi connectivity index (χ0n) is 9.90. The number of aryl methyl sites for hydroxylation is 1. The van der Waals surface area contributed by atoms with E-state index in [1.165, 1.54) is 0 Å². The molecular weight excluding hydrogens is 250 g/mol. The number of benzene rings is 1. The lowest BCUT2D eigenvalue weighted by Gasteiger charge is -2.07. The van der Waals surface area contributed by atoms with E-state index in [4.69, 9.17) is 17.1 Å². The van der Waals surface area contributed by atoms with Crippen molar-refractivity contribution in [2.75, 3.05) is 5.32 Å². The van der Waals surface area contributed by atoms with Crippen LogP contribution in [0.3, 0.4) is 0 Å². The highest BCUT2D eigenvalue weighted by Crippen LogP contribution is 2.24. The molecular formula is C10H10BClN6. The zero-order valence-corrected chi connectivity index (χ0v) is 10.7. The minimum Gasteiger partial charge on any atom is -0.324 e. The van der Waals surface area contributed by atoms with Gasteiger partial charge < -0.3 is 5.32 Å². The van der Waals surface area contributed by atoms with Crippen molar-refractivity contribution in [2.45, 2.75) is 6.92 Å². The van der Waals surface area contributed by atoms with Crippen LogP contribution >= 0.6 is 11.6 Å². The third kappa shape index (κ3) is 2.81. The molecule has 0 aliphatic carbocycles. The van der Waals surface area contributed by atoms with Crippen LogP contribution in [-0.4, -0.2) is 22.8 Å². The molecule has 0 aliphatic heterocycles. The van der Waals surface area contributed by atoms with E-state index in [1.807, 2.05) is 19.1 Å². The summed E-state index contributed by atoms with van der Waals surface area (Å²) in [5.74, 6) is 0.368. The van der Waals surface area contributed by atoms with Crippen LogP contribution in [0, 0.1) is 12.5 Å². The predicted molar refractivity (Wildman–Crippen MR) is 72.3 cm³/mol. The number of nitrogens with zero attached hydrogens (tertiary/aromatic N) is 4. The summed E-state index contributed by atoms with van der Waals surface area (Å²) in [7, 11) is 1.73. The lowest BCUT2D eigenvalue weighted by atomic mass is 10.1. The van der Waals surface area contributed by atoms with Crippen molar-refractivity contribution in [1.82, 2.24) is 15.0 Å². The lowest BCUT2D eigenvalue weighted by molar-refractivity contribution is 1.09. The van der Waals surface area contributed by atoms with Crippen LogP contribution in [0.15, 0.2) is 23.3 Å². The van der Waals surface area contributed by atoms with Crippen LogP contribution in [0.2, 0.25) is 5.28 Å². The fourth-order valence-corrected chi connectivity index (χ4v) is 1.64. The van der Waals surface area contributed by atoms with E-state index in [0.29, 0.717) is 17.4 Å². The molecule has 6 nitrogen and oxygen atoms in total. The van der Waals surface area contributed by atoms with Gasteiger partial charge in [0.1, 0.15) is 0 Å². The highest BCUT2D eigenvalue weighted by Gasteiger charge is 2.04. The van der Waals surface area contributed by atoms with Crippen LogP contribution in [0.1, 0.15) is 5.56 Å². The summed E-state index contributed by atoms with van der Waals surface area (Å²) in [4.78, 5) is 12.0. The van der Waals surface area contributed by atoms with Gasteiger partial charge in [-0.25, -0.2) is 15.5 Å². The van der Waals surface area contributed by atoms with Crippen molar-refractivity contribution in [3.05, 3.63) is 29.0 Å². The van der Waals surface area contributed by atoms with Crippen molar-refractivity contribution >= 4 is 42.5 Å². The van der Waals surface area contributed by atoms with E-state index in [0.717, 1.165) is 11.3 Å². The molecule has 1 heterocycles. The van der Waals surface area contributed by atoms with Gasteiger partial charge in [-0.1, -0.05) is 6.07 Å². The van der Waals surface area contributed by atoms with Gasteiger partial charge in [-0.15, -0.1) is 0 Å². The number of halogens is 1. The van der Waals surface area contributed by atoms with Crippen LogP contribution in [0.5, 0.6) is 0 Å². The summed E-state index contributed by atoms with van der Waals surface area (Å²) in [6, 6.07) is 5.47. The van der Waals surface area contributed by atoms with Gasteiger partial charge in [0.2, 0.25) is 11.2 Å². The molecule has 18 heavy (non-hydrogen) atoms. The first kappa shape index (κ1) is 12.4. The summed E-state index contributed by atoms with van der Waals surface area (Å²) in [5, 5.41) is 6.58. The van der Waals surface area contributed by atoms with E-state index in [-0.39, 0.29) is 5.28 Å². The molecule has 0 fully saturated rings. The smallest absolute Gasteiger partial charge is 0.230 e. The number of anilines is 2. The average Bonchev–Trinajstić information content (AvgIpc) is 2.30. The Bertz CT molecular complexity index is 583. The third-order valence-electron chi connectivity index (χ3n) is 2.31. The Labute approximate surface area is 110 Å². The zero-order chi connectivity index (χ0) is 13.1. The first-order valence-corrected chi connectivity index (χ1v) is 5.59. The van der Waals surface area contributed by atoms with Crippen molar-refractivity contribution in [1.29, 1.82) is 5.53 Å². The predicted octanol–water partition coefficient (Wildman–Crippen LogP) is 1.50. The number of rotatable bonds is 3. The average molecular weight is 260 g/mol. The topological polar surface area (TPSA) is 86.9 Å². The van der Waals surface area contributed by atoms with Crippen LogP contribution in [0.4, 0.5) is 17.3 Å². The third-order valence-corrected chi connectivity index (χ3v) is 2.47. The largest absolute Gasteiger partial charge is 0.324 e. The van der Waals surface area contributed by atoms with Crippen molar-refractivity contribution in [3.63, 3.8) is 0 Å². The van der Waals surface area contributed by atoms with Crippen molar-refractivity contribution in [2.24, 2.45) is 5.11 Å². The summed E-state index contributed by atoms with van der Waals surface area (Å²) in [6.45, 7) is 1.89. The van der Waals surface area contributed by atoms with E-state index < -0.39 is 0 Å². The van der Waals surface area contributed by atoms with Crippen LogP contribution in [0.25, 0.3) is 0 Å². The number of nitrogens with one attached hydrogen (secondary N) is 2. The molecule has 2 aromatic rings. The van der Waals surface area contributed by atoms with Crippen molar-refractivity contribution in [3.8, 4) is 0 Å². The second-order valence-corrected chi connectivity index (χ2v) is 4.05. The highest BCUT2D eigenvalue weighted by molar-refractivity contribution is 6.32. The summed E-state index contributed by atoms with van der Waals surface area (Å²) in [5.41, 5.74) is 9.87. The van der Waals surface area contributed by atoms with E-state index in [9.17, 15) is 0 Å². The van der Waals surface area contributed by atoms with E-state index in [2.05, 4.69) is 25.4 Å². The van der Waals surface area contributed by atoms with Gasteiger partial charge in [0.05, 0.1) is 11.4 Å². The maximum absolute atomic E-state index is 7.06. The van der Waals surface area contributed by atoms with Gasteiger partial charge in [0.15, 0.2) is 7.85 Å². The van der Waals surface area contributed by atoms with Gasteiger partial charge in [-0.05, 0) is 36.2 Å². The maximum Gasteiger partial charge on any atom is 0.230 e. The molecule has 0 spiro atoms. The molecule has 1 aromatic heterocycles. The van der Waals surface area contributed by atoms with E-state index in [1.54, 1.807) is 13.9 Å². The Kier molecular flexibility index (Phi) is 3.52. The highest BCUT2D eigenvalue weighted by atomic mass is 35.5. The van der Waals surface area contributed by atoms with Crippen LogP contribution < -0.4 is 11.0 Å². The molecule has 0 saturated carbocycles. The standard InChI is InChI=1S/C10H10BClN6/c1-5-2-3-6(4-7(5)18-13)14-10-16-8(11)15-9(12)17-10/h2-4,13H,11H2,1H3,(H,14,15,16,17). The number of hydrogen-bond donors (Lipinski definition) is 2. The first-order valence-electron chi connectivity index (χ1n) is 5.22. The van der Waals surface area contributed by atoms with E-state index >= 15 is 0 Å². The molecule has 8 heteroatoms. The van der Waals surface area contributed by atoms with Gasteiger partial charge in [0, 0.05) is 5.69 Å². The van der Waals surface area contributed by atoms with Gasteiger partial charge >= 0.3 is 0 Å². The number of hydrogen-bond acceptors (Lipinski definition) is 6. The van der Waals surface area contributed by atoms with Gasteiger partial charge in [0.25, 0.3) is 0 Å².